The number of carbonyl (C=O) groups excluding carboxylic acids is 1. The number of amides is 1. The number of benzene rings is 2. The maximum atomic E-state index is 13.5. The molecular weight excluding hydrogens is 573 g/mol. The highest BCUT2D eigenvalue weighted by Gasteiger charge is 2.35. The topological polar surface area (TPSA) is 108 Å². The van der Waals surface area contributed by atoms with E-state index in [2.05, 4.69) is 35.4 Å². The molecule has 0 bridgehead atoms. The summed E-state index contributed by atoms with van der Waals surface area (Å²) < 4.78 is 45.2. The minimum Gasteiger partial charge on any atom is -0.496 e. The van der Waals surface area contributed by atoms with E-state index in [-0.39, 0.29) is 17.0 Å². The number of nitrogens with one attached hydrogen (secondary N) is 2. The Kier molecular flexibility index (Phi) is 8.21. The fraction of sp³-hybridized carbons (Fsp3) is 0.387. The Balaban J connectivity index is 1.20. The number of hydrogen-bond donors (Lipinski definition) is 2. The Morgan fingerprint density at radius 2 is 1.77 bits per heavy atom. The molecular formula is C31H33F3N8O2. The lowest BCUT2D eigenvalue weighted by Crippen LogP contribution is -2.44. The van der Waals surface area contributed by atoms with Gasteiger partial charge in [0.25, 0.3) is 5.91 Å². The summed E-state index contributed by atoms with van der Waals surface area (Å²) in [5.41, 5.74) is 1.81. The molecule has 0 radical (unpaired) electrons. The zero-order chi connectivity index (χ0) is 30.8. The largest absolute Gasteiger partial charge is 0.496 e. The third-order valence-corrected chi connectivity index (χ3v) is 8.28. The van der Waals surface area contributed by atoms with Crippen LogP contribution in [0, 0.1) is 6.92 Å². The number of alkyl halides is 3. The number of methoxy groups -OCH3 is 1. The molecule has 2 N–H and O–H groups in total. The van der Waals surface area contributed by atoms with Crippen LogP contribution < -0.4 is 20.3 Å². The highest BCUT2D eigenvalue weighted by molar-refractivity contribution is 6.05. The molecule has 2 aromatic heterocycles. The van der Waals surface area contributed by atoms with Gasteiger partial charge in [-0.15, -0.1) is 0 Å². The first-order valence-electron chi connectivity index (χ1n) is 14.6. The van der Waals surface area contributed by atoms with Crippen molar-refractivity contribution >= 4 is 40.1 Å². The lowest BCUT2D eigenvalue weighted by molar-refractivity contribution is -0.138. The van der Waals surface area contributed by atoms with Gasteiger partial charge in [0, 0.05) is 36.1 Å². The second-order valence-electron chi connectivity index (χ2n) is 11.1. The molecule has 44 heavy (non-hydrogen) atoms. The van der Waals surface area contributed by atoms with Crippen LogP contribution in [-0.2, 0) is 6.18 Å². The Bertz CT molecular complexity index is 1670. The lowest BCUT2D eigenvalue weighted by Gasteiger charge is -2.36. The third-order valence-electron chi connectivity index (χ3n) is 8.28. The smallest absolute Gasteiger partial charge is 0.420 e. The highest BCUT2D eigenvalue weighted by atomic mass is 19.4. The molecule has 2 aliphatic rings. The van der Waals surface area contributed by atoms with Gasteiger partial charge in [-0.2, -0.15) is 13.2 Å². The van der Waals surface area contributed by atoms with Crippen LogP contribution in [0.5, 0.6) is 5.75 Å². The van der Waals surface area contributed by atoms with Gasteiger partial charge in [-0.1, -0.05) is 6.07 Å². The number of ether oxygens (including phenoxy) is 1. The molecule has 10 nitrogen and oxygen atoms in total. The maximum absolute atomic E-state index is 13.5. The summed E-state index contributed by atoms with van der Waals surface area (Å²) in [5, 5.41) is 5.83. The number of halogens is 3. The molecule has 6 rings (SSSR count). The third kappa shape index (κ3) is 6.23. The number of rotatable bonds is 7. The fourth-order valence-electron chi connectivity index (χ4n) is 5.86. The van der Waals surface area contributed by atoms with Crippen molar-refractivity contribution in [1.82, 2.24) is 24.8 Å². The molecule has 2 saturated heterocycles. The molecule has 0 saturated carbocycles. The summed E-state index contributed by atoms with van der Waals surface area (Å²) in [5.74, 6) is 0.183. The summed E-state index contributed by atoms with van der Waals surface area (Å²) in [4.78, 5) is 36.0. The van der Waals surface area contributed by atoms with E-state index in [9.17, 15) is 18.0 Å². The van der Waals surface area contributed by atoms with Gasteiger partial charge < -0.3 is 25.2 Å². The standard InChI is InChI=1S/C31H33F3N8O2/c1-19-5-6-20(29(43)38-21-7-8-26(44-2)23(16-21)31(32,33)34)15-24(19)39-28-27-25(36-18-37-28)17-35-30(40-27)42-13-9-22(10-14-42)41-11-3-4-12-41/h5-8,15-18,22H,3-4,9-14H2,1-2H3,(H,38,43)(H,36,37,39). The average Bonchev–Trinajstić information content (AvgIpc) is 3.57. The van der Waals surface area contributed by atoms with Crippen molar-refractivity contribution < 1.29 is 22.7 Å². The Hall–Kier alpha value is -4.52. The number of anilines is 4. The van der Waals surface area contributed by atoms with Gasteiger partial charge >= 0.3 is 6.18 Å². The number of nitrogens with zero attached hydrogens (tertiary/aromatic N) is 6. The van der Waals surface area contributed by atoms with Gasteiger partial charge in [0.15, 0.2) is 5.82 Å². The van der Waals surface area contributed by atoms with Crippen LogP contribution in [0.25, 0.3) is 11.0 Å². The molecule has 2 aromatic carbocycles. The first kappa shape index (κ1) is 29.5. The normalized spacial score (nSPS) is 16.3. The molecule has 2 aliphatic heterocycles. The van der Waals surface area contributed by atoms with E-state index in [0.717, 1.165) is 44.7 Å². The van der Waals surface area contributed by atoms with Gasteiger partial charge in [0.1, 0.15) is 23.1 Å². The van der Waals surface area contributed by atoms with E-state index in [1.165, 1.54) is 44.4 Å². The summed E-state index contributed by atoms with van der Waals surface area (Å²) in [6, 6.07) is 8.97. The van der Waals surface area contributed by atoms with Crippen LogP contribution in [-0.4, -0.2) is 70.1 Å². The zero-order valence-corrected chi connectivity index (χ0v) is 24.5. The Morgan fingerprint density at radius 1 is 1.00 bits per heavy atom. The number of hydrogen-bond acceptors (Lipinski definition) is 9. The minimum atomic E-state index is -4.64. The fourth-order valence-corrected chi connectivity index (χ4v) is 5.86. The van der Waals surface area contributed by atoms with Crippen molar-refractivity contribution in [1.29, 1.82) is 0 Å². The molecule has 0 unspecified atom stereocenters. The number of likely N-dealkylation sites (tertiary alicyclic amines) is 1. The highest BCUT2D eigenvalue weighted by Crippen LogP contribution is 2.38. The second kappa shape index (κ2) is 12.2. The van der Waals surface area contributed by atoms with Crippen LogP contribution >= 0.6 is 0 Å². The summed E-state index contributed by atoms with van der Waals surface area (Å²) in [6.45, 7) is 5.99. The van der Waals surface area contributed by atoms with Gasteiger partial charge in [-0.05, 0) is 81.6 Å². The van der Waals surface area contributed by atoms with Crippen molar-refractivity contribution in [2.75, 3.05) is 48.8 Å². The van der Waals surface area contributed by atoms with Crippen molar-refractivity contribution in [2.45, 2.75) is 44.8 Å². The molecule has 4 heterocycles. The zero-order valence-electron chi connectivity index (χ0n) is 24.5. The quantitative estimate of drug-likeness (QED) is 0.269. The Labute approximate surface area is 252 Å². The monoisotopic (exact) mass is 606 g/mol. The van der Waals surface area contributed by atoms with Crippen molar-refractivity contribution in [2.24, 2.45) is 0 Å². The van der Waals surface area contributed by atoms with Crippen molar-refractivity contribution in [3.63, 3.8) is 0 Å². The molecule has 13 heteroatoms. The molecule has 0 atom stereocenters. The molecule has 0 aliphatic carbocycles. The molecule has 0 spiro atoms. The molecule has 1 amide bonds. The lowest BCUT2D eigenvalue weighted by atomic mass is 10.0. The van der Waals surface area contributed by atoms with E-state index < -0.39 is 17.6 Å². The van der Waals surface area contributed by atoms with Gasteiger partial charge in [-0.25, -0.2) is 19.9 Å². The SMILES string of the molecule is COc1ccc(NC(=O)c2ccc(C)c(Nc3ncnc4cnc(N5CCC(N6CCCC6)CC5)nc34)c2)cc1C(F)(F)F. The minimum absolute atomic E-state index is 0.00584. The van der Waals surface area contributed by atoms with Gasteiger partial charge in [0.2, 0.25) is 5.95 Å². The number of fused-ring (bicyclic) bond motifs is 1. The van der Waals surface area contributed by atoms with Gasteiger partial charge in [0.05, 0.1) is 18.9 Å². The van der Waals surface area contributed by atoms with Crippen molar-refractivity contribution in [3.8, 4) is 5.75 Å². The van der Waals surface area contributed by atoms with E-state index in [0.29, 0.717) is 34.5 Å². The first-order chi connectivity index (χ1) is 21.2. The summed E-state index contributed by atoms with van der Waals surface area (Å²) in [6.07, 6.45) is 3.17. The Morgan fingerprint density at radius 3 is 2.50 bits per heavy atom. The predicted octanol–water partition coefficient (Wildman–Crippen LogP) is 5.82. The number of aryl methyl sites for hydroxylation is 1. The second-order valence-corrected chi connectivity index (χ2v) is 11.1. The van der Waals surface area contributed by atoms with Crippen LogP contribution in [0.15, 0.2) is 48.9 Å². The van der Waals surface area contributed by atoms with E-state index in [1.54, 1.807) is 24.4 Å². The number of carbonyl (C=O) groups is 1. The summed E-state index contributed by atoms with van der Waals surface area (Å²) >= 11 is 0. The number of aromatic nitrogens is 4. The number of piperidine rings is 1. The predicted molar refractivity (Wildman–Crippen MR) is 162 cm³/mol. The first-order valence-corrected chi connectivity index (χ1v) is 14.6. The van der Waals surface area contributed by atoms with E-state index in [4.69, 9.17) is 9.72 Å². The van der Waals surface area contributed by atoms with Gasteiger partial charge in [-0.3, -0.25) is 4.79 Å². The van der Waals surface area contributed by atoms with Crippen molar-refractivity contribution in [3.05, 3.63) is 65.6 Å². The summed E-state index contributed by atoms with van der Waals surface area (Å²) in [7, 11) is 1.16. The molecule has 2 fully saturated rings. The molecule has 230 valence electrons. The van der Waals surface area contributed by atoms with Crippen LogP contribution in [0.1, 0.15) is 47.2 Å². The van der Waals surface area contributed by atoms with E-state index in [1.807, 2.05) is 6.92 Å². The van der Waals surface area contributed by atoms with Crippen LogP contribution in [0.4, 0.5) is 36.3 Å². The average molecular weight is 607 g/mol. The van der Waals surface area contributed by atoms with E-state index >= 15 is 0 Å². The van der Waals surface area contributed by atoms with Crippen LogP contribution in [0.2, 0.25) is 0 Å². The molecule has 4 aromatic rings. The van der Waals surface area contributed by atoms with Crippen LogP contribution in [0.3, 0.4) is 0 Å². The maximum Gasteiger partial charge on any atom is 0.420 e.